The lowest BCUT2D eigenvalue weighted by Gasteiger charge is -2.11. The molecule has 0 atom stereocenters. The average molecular weight is 256 g/mol. The molecule has 0 amide bonds. The normalized spacial score (nSPS) is 11.6. The fraction of sp³-hybridized carbons (Fsp3) is 0.0833. The first kappa shape index (κ1) is 12.3. The monoisotopic (exact) mass is 256 g/mol. The number of halogens is 4. The molecule has 1 heterocycles. The van der Waals surface area contributed by atoms with E-state index in [1.54, 1.807) is 0 Å². The number of aromatic nitrogens is 1. The molecule has 2 nitrogen and oxygen atoms in total. The number of hydrogen-bond acceptors (Lipinski definition) is 2. The van der Waals surface area contributed by atoms with E-state index >= 15 is 0 Å². The molecule has 1 aromatic carbocycles. The maximum Gasteiger partial charge on any atom is 0.433 e. The van der Waals surface area contributed by atoms with E-state index in [1.165, 1.54) is 24.3 Å². The van der Waals surface area contributed by atoms with Gasteiger partial charge in [-0.1, -0.05) is 12.1 Å². The Bertz CT molecular complexity index is 579. The fourth-order valence-electron chi connectivity index (χ4n) is 1.56. The van der Waals surface area contributed by atoms with Crippen LogP contribution in [0.25, 0.3) is 11.1 Å². The van der Waals surface area contributed by atoms with Crippen LogP contribution in [0, 0.1) is 5.82 Å². The third-order valence-electron chi connectivity index (χ3n) is 2.39. The lowest BCUT2D eigenvalue weighted by atomic mass is 10.0. The van der Waals surface area contributed by atoms with E-state index in [4.69, 9.17) is 5.73 Å². The van der Waals surface area contributed by atoms with Crippen LogP contribution in [0.15, 0.2) is 36.5 Å². The molecular weight excluding hydrogens is 248 g/mol. The Labute approximate surface area is 100 Å². The largest absolute Gasteiger partial charge is 0.433 e. The highest BCUT2D eigenvalue weighted by atomic mass is 19.4. The van der Waals surface area contributed by atoms with Crippen molar-refractivity contribution >= 4 is 5.69 Å². The molecule has 2 N–H and O–H groups in total. The second kappa shape index (κ2) is 4.29. The van der Waals surface area contributed by atoms with Crippen molar-refractivity contribution in [3.8, 4) is 11.1 Å². The standard InChI is InChI=1S/C12H8F4N2/c13-9-6-7(3-4-10(9)17)8-2-1-5-18-11(8)12(14,15)16/h1-6H,17H2. The molecule has 0 saturated carbocycles. The number of nitrogens with two attached hydrogens (primary N) is 1. The molecule has 0 spiro atoms. The van der Waals surface area contributed by atoms with Crippen LogP contribution in [0.1, 0.15) is 5.69 Å². The first-order valence-electron chi connectivity index (χ1n) is 4.97. The summed E-state index contributed by atoms with van der Waals surface area (Å²) in [5, 5.41) is 0. The highest BCUT2D eigenvalue weighted by Crippen LogP contribution is 2.35. The summed E-state index contributed by atoms with van der Waals surface area (Å²) in [4.78, 5) is 3.30. The fourth-order valence-corrected chi connectivity index (χ4v) is 1.56. The summed E-state index contributed by atoms with van der Waals surface area (Å²) >= 11 is 0. The zero-order valence-electron chi connectivity index (χ0n) is 9.00. The topological polar surface area (TPSA) is 38.9 Å². The van der Waals surface area contributed by atoms with Gasteiger partial charge in [0, 0.05) is 11.8 Å². The maximum atomic E-state index is 13.3. The van der Waals surface area contributed by atoms with Crippen molar-refractivity contribution < 1.29 is 17.6 Å². The number of nitrogens with zero attached hydrogens (tertiary/aromatic N) is 1. The number of alkyl halides is 3. The molecular formula is C12H8F4N2. The summed E-state index contributed by atoms with van der Waals surface area (Å²) in [6, 6.07) is 6.10. The molecule has 0 bridgehead atoms. The van der Waals surface area contributed by atoms with E-state index in [0.29, 0.717) is 0 Å². The Balaban J connectivity index is 2.61. The molecule has 2 rings (SSSR count). The van der Waals surface area contributed by atoms with Crippen molar-refractivity contribution in [1.29, 1.82) is 0 Å². The number of hydrogen-bond donors (Lipinski definition) is 1. The van der Waals surface area contributed by atoms with Gasteiger partial charge in [-0.25, -0.2) is 4.39 Å². The zero-order chi connectivity index (χ0) is 13.3. The smallest absolute Gasteiger partial charge is 0.396 e. The summed E-state index contributed by atoms with van der Waals surface area (Å²) in [6.07, 6.45) is -3.55. The van der Waals surface area contributed by atoms with Gasteiger partial charge in [-0.3, -0.25) is 4.98 Å². The summed E-state index contributed by atoms with van der Waals surface area (Å²) < 4.78 is 51.5. The minimum absolute atomic E-state index is 0.0853. The predicted molar refractivity (Wildman–Crippen MR) is 59.0 cm³/mol. The van der Waals surface area contributed by atoms with E-state index in [0.717, 1.165) is 12.3 Å². The quantitative estimate of drug-likeness (QED) is 0.626. The Morgan fingerprint density at radius 3 is 2.44 bits per heavy atom. The van der Waals surface area contributed by atoms with Crippen LogP contribution in [0.2, 0.25) is 0 Å². The van der Waals surface area contributed by atoms with Gasteiger partial charge >= 0.3 is 6.18 Å². The van der Waals surface area contributed by atoms with Gasteiger partial charge in [-0.05, 0) is 23.8 Å². The van der Waals surface area contributed by atoms with Crippen molar-refractivity contribution in [2.45, 2.75) is 6.18 Å². The summed E-state index contributed by atoms with van der Waals surface area (Å²) in [6.45, 7) is 0. The van der Waals surface area contributed by atoms with Gasteiger partial charge in [0.2, 0.25) is 0 Å². The minimum Gasteiger partial charge on any atom is -0.396 e. The molecule has 0 radical (unpaired) electrons. The van der Waals surface area contributed by atoms with E-state index in [1.807, 2.05) is 0 Å². The van der Waals surface area contributed by atoms with Crippen molar-refractivity contribution in [2.75, 3.05) is 5.73 Å². The SMILES string of the molecule is Nc1ccc(-c2cccnc2C(F)(F)F)cc1F. The Hall–Kier alpha value is -2.11. The minimum atomic E-state index is -4.59. The van der Waals surface area contributed by atoms with Gasteiger partial charge < -0.3 is 5.73 Å². The molecule has 1 aromatic heterocycles. The highest BCUT2D eigenvalue weighted by Gasteiger charge is 2.35. The van der Waals surface area contributed by atoms with Crippen LogP contribution >= 0.6 is 0 Å². The zero-order valence-corrected chi connectivity index (χ0v) is 9.00. The average Bonchev–Trinajstić information content (AvgIpc) is 2.32. The summed E-state index contributed by atoms with van der Waals surface area (Å²) in [5.41, 5.74) is 4.02. The molecule has 0 aliphatic carbocycles. The van der Waals surface area contributed by atoms with Crippen LogP contribution in [-0.4, -0.2) is 4.98 Å². The van der Waals surface area contributed by atoms with Crippen LogP contribution in [0.3, 0.4) is 0 Å². The van der Waals surface area contributed by atoms with Crippen molar-refractivity contribution in [3.05, 3.63) is 48.0 Å². The van der Waals surface area contributed by atoms with Crippen LogP contribution < -0.4 is 5.73 Å². The van der Waals surface area contributed by atoms with Crippen LogP contribution in [-0.2, 0) is 6.18 Å². The molecule has 0 fully saturated rings. The lowest BCUT2D eigenvalue weighted by Crippen LogP contribution is -2.09. The van der Waals surface area contributed by atoms with Gasteiger partial charge in [-0.2, -0.15) is 13.2 Å². The van der Waals surface area contributed by atoms with Gasteiger partial charge in [-0.15, -0.1) is 0 Å². The Kier molecular flexibility index (Phi) is 2.94. The molecule has 94 valence electrons. The third kappa shape index (κ3) is 2.27. The second-order valence-corrected chi connectivity index (χ2v) is 3.63. The van der Waals surface area contributed by atoms with Crippen molar-refractivity contribution in [2.24, 2.45) is 0 Å². The number of benzene rings is 1. The van der Waals surface area contributed by atoms with E-state index in [-0.39, 0.29) is 16.8 Å². The number of rotatable bonds is 1. The molecule has 0 unspecified atom stereocenters. The molecule has 0 saturated heterocycles. The summed E-state index contributed by atoms with van der Waals surface area (Å²) in [5.74, 6) is -0.760. The third-order valence-corrected chi connectivity index (χ3v) is 2.39. The molecule has 0 aliphatic heterocycles. The second-order valence-electron chi connectivity index (χ2n) is 3.63. The lowest BCUT2D eigenvalue weighted by molar-refractivity contribution is -0.140. The Morgan fingerprint density at radius 2 is 1.83 bits per heavy atom. The highest BCUT2D eigenvalue weighted by molar-refractivity contribution is 5.68. The molecule has 18 heavy (non-hydrogen) atoms. The van der Waals surface area contributed by atoms with Gasteiger partial charge in [0.25, 0.3) is 0 Å². The van der Waals surface area contributed by atoms with Gasteiger partial charge in [0.05, 0.1) is 5.69 Å². The maximum absolute atomic E-state index is 13.3. The molecule has 6 heteroatoms. The molecule has 0 aliphatic rings. The first-order chi connectivity index (χ1) is 8.39. The number of nitrogen functional groups attached to an aromatic ring is 1. The Morgan fingerprint density at radius 1 is 1.11 bits per heavy atom. The van der Waals surface area contributed by atoms with Crippen molar-refractivity contribution in [3.63, 3.8) is 0 Å². The van der Waals surface area contributed by atoms with Gasteiger partial charge in [0.1, 0.15) is 5.82 Å². The molecule has 2 aromatic rings. The first-order valence-corrected chi connectivity index (χ1v) is 4.97. The number of pyridine rings is 1. The van der Waals surface area contributed by atoms with E-state index < -0.39 is 17.7 Å². The van der Waals surface area contributed by atoms with E-state index in [2.05, 4.69) is 4.98 Å². The summed E-state index contributed by atoms with van der Waals surface area (Å²) in [7, 11) is 0. The number of anilines is 1. The van der Waals surface area contributed by atoms with Crippen LogP contribution in [0.5, 0.6) is 0 Å². The van der Waals surface area contributed by atoms with Crippen molar-refractivity contribution in [1.82, 2.24) is 4.98 Å². The van der Waals surface area contributed by atoms with Gasteiger partial charge in [0.15, 0.2) is 5.69 Å². The van der Waals surface area contributed by atoms with E-state index in [9.17, 15) is 17.6 Å². The van der Waals surface area contributed by atoms with Crippen LogP contribution in [0.4, 0.5) is 23.2 Å². The predicted octanol–water partition coefficient (Wildman–Crippen LogP) is 3.49.